The summed E-state index contributed by atoms with van der Waals surface area (Å²) in [5.74, 6) is -0.493. The lowest BCUT2D eigenvalue weighted by Crippen LogP contribution is -2.61. The zero-order chi connectivity index (χ0) is 36.7. The highest BCUT2D eigenvalue weighted by molar-refractivity contribution is 5.88. The average molecular weight is 711 g/mol. The molecule has 2 saturated carbocycles. The van der Waals surface area contributed by atoms with Gasteiger partial charge in [0.05, 0.1) is 0 Å². The van der Waals surface area contributed by atoms with Crippen LogP contribution in [0.15, 0.2) is 91.0 Å². The zero-order valence-corrected chi connectivity index (χ0v) is 30.3. The minimum absolute atomic E-state index is 0.113. The van der Waals surface area contributed by atoms with Crippen LogP contribution in [0.1, 0.15) is 87.3 Å². The predicted molar refractivity (Wildman–Crippen MR) is 200 cm³/mol. The summed E-state index contributed by atoms with van der Waals surface area (Å²) in [6, 6.07) is 29.0. The number of amides is 3. The molecule has 3 aromatic carbocycles. The fraction of sp³-hybridized carbons (Fsp3) is 0.476. The van der Waals surface area contributed by atoms with E-state index in [1.54, 1.807) is 4.90 Å². The number of benzene rings is 3. The SMILES string of the molecule is NC1(C(=O)OCc2ccccc2)CCCCC1.O=C(CCc1ccccc1)N1CCN(C(=O)NC2(C(=O)OCc3ccccc3)CCCCC2)CC1. The van der Waals surface area contributed by atoms with Crippen molar-refractivity contribution in [1.29, 1.82) is 0 Å². The number of ether oxygens (including phenoxy) is 2. The number of nitrogens with zero attached hydrogens (tertiary/aromatic N) is 2. The Bertz CT molecular complexity index is 1570. The van der Waals surface area contributed by atoms with E-state index in [0.29, 0.717) is 58.5 Å². The van der Waals surface area contributed by atoms with Gasteiger partial charge >= 0.3 is 18.0 Å². The molecule has 6 rings (SSSR count). The van der Waals surface area contributed by atoms with Crippen molar-refractivity contribution in [2.24, 2.45) is 5.73 Å². The Hall–Kier alpha value is -4.70. The van der Waals surface area contributed by atoms with Gasteiger partial charge in [0.15, 0.2) is 0 Å². The molecule has 1 saturated heterocycles. The van der Waals surface area contributed by atoms with E-state index in [2.05, 4.69) is 5.32 Å². The summed E-state index contributed by atoms with van der Waals surface area (Å²) in [4.78, 5) is 54.4. The minimum atomic E-state index is -0.979. The van der Waals surface area contributed by atoms with Crippen LogP contribution in [0, 0.1) is 0 Å². The molecule has 0 atom stereocenters. The summed E-state index contributed by atoms with van der Waals surface area (Å²) in [7, 11) is 0. The summed E-state index contributed by atoms with van der Waals surface area (Å²) in [6.45, 7) is 2.44. The van der Waals surface area contributed by atoms with E-state index in [-0.39, 0.29) is 30.5 Å². The molecule has 0 spiro atoms. The largest absolute Gasteiger partial charge is 0.459 e. The summed E-state index contributed by atoms with van der Waals surface area (Å²) in [6.07, 6.45) is 9.89. The highest BCUT2D eigenvalue weighted by Crippen LogP contribution is 2.30. The van der Waals surface area contributed by atoms with Crippen LogP contribution >= 0.6 is 0 Å². The van der Waals surface area contributed by atoms with Crippen LogP contribution in [0.4, 0.5) is 4.79 Å². The molecule has 0 unspecified atom stereocenters. The first-order chi connectivity index (χ1) is 25.3. The van der Waals surface area contributed by atoms with Crippen molar-refractivity contribution in [1.82, 2.24) is 15.1 Å². The first-order valence-corrected chi connectivity index (χ1v) is 18.9. The molecule has 3 amide bonds. The van der Waals surface area contributed by atoms with Crippen LogP contribution in [-0.4, -0.2) is 70.9 Å². The van der Waals surface area contributed by atoms with Gasteiger partial charge in [0.2, 0.25) is 5.91 Å². The number of carbonyl (C=O) groups is 4. The number of aryl methyl sites for hydroxylation is 1. The second-order valence-electron chi connectivity index (χ2n) is 14.3. The molecular formula is C42H54N4O6. The molecule has 2 aliphatic carbocycles. The maximum atomic E-state index is 13.1. The van der Waals surface area contributed by atoms with Gasteiger partial charge in [-0.05, 0) is 48.8 Å². The molecule has 3 aromatic rings. The van der Waals surface area contributed by atoms with Crippen molar-refractivity contribution in [3.8, 4) is 0 Å². The van der Waals surface area contributed by atoms with Crippen LogP contribution in [0.5, 0.6) is 0 Å². The van der Waals surface area contributed by atoms with E-state index < -0.39 is 11.1 Å². The van der Waals surface area contributed by atoms with Gasteiger partial charge in [-0.1, -0.05) is 130 Å². The van der Waals surface area contributed by atoms with Gasteiger partial charge in [-0.25, -0.2) is 9.59 Å². The number of rotatable bonds is 10. The van der Waals surface area contributed by atoms with Crippen molar-refractivity contribution in [3.05, 3.63) is 108 Å². The highest BCUT2D eigenvalue weighted by Gasteiger charge is 2.43. The molecule has 0 aromatic heterocycles. The summed E-state index contributed by atoms with van der Waals surface area (Å²) in [5, 5.41) is 3.04. The Morgan fingerprint density at radius 1 is 0.577 bits per heavy atom. The Balaban J connectivity index is 0.000000257. The van der Waals surface area contributed by atoms with Gasteiger partial charge in [0.25, 0.3) is 0 Å². The first kappa shape index (κ1) is 38.5. The van der Waals surface area contributed by atoms with Gasteiger partial charge in [-0.2, -0.15) is 0 Å². The molecule has 52 heavy (non-hydrogen) atoms. The Labute approximate surface area is 308 Å². The summed E-state index contributed by atoms with van der Waals surface area (Å²) >= 11 is 0. The molecular weight excluding hydrogens is 656 g/mol. The number of esters is 2. The lowest BCUT2D eigenvalue weighted by molar-refractivity contribution is -0.154. The average Bonchev–Trinajstić information content (AvgIpc) is 3.20. The number of urea groups is 1. The van der Waals surface area contributed by atoms with E-state index >= 15 is 0 Å². The van der Waals surface area contributed by atoms with E-state index in [9.17, 15) is 19.2 Å². The maximum Gasteiger partial charge on any atom is 0.332 e. The number of hydrogen-bond acceptors (Lipinski definition) is 7. The second kappa shape index (κ2) is 19.2. The van der Waals surface area contributed by atoms with E-state index in [1.165, 1.54) is 6.42 Å². The van der Waals surface area contributed by atoms with Crippen molar-refractivity contribution < 1.29 is 28.7 Å². The van der Waals surface area contributed by atoms with Crippen molar-refractivity contribution in [2.45, 2.75) is 101 Å². The van der Waals surface area contributed by atoms with E-state index in [4.69, 9.17) is 15.2 Å². The number of carbonyl (C=O) groups excluding carboxylic acids is 4. The van der Waals surface area contributed by atoms with Gasteiger partial charge in [-0.15, -0.1) is 0 Å². The van der Waals surface area contributed by atoms with Crippen LogP contribution < -0.4 is 11.1 Å². The molecule has 278 valence electrons. The van der Waals surface area contributed by atoms with Gasteiger partial charge < -0.3 is 30.3 Å². The summed E-state index contributed by atoms with van der Waals surface area (Å²) in [5.41, 5.74) is 7.44. The lowest BCUT2D eigenvalue weighted by atomic mass is 9.81. The Morgan fingerprint density at radius 2 is 1.02 bits per heavy atom. The van der Waals surface area contributed by atoms with E-state index in [0.717, 1.165) is 61.6 Å². The van der Waals surface area contributed by atoms with Crippen LogP contribution in [0.2, 0.25) is 0 Å². The molecule has 1 heterocycles. The molecule has 10 nitrogen and oxygen atoms in total. The number of nitrogens with two attached hydrogens (primary N) is 1. The molecule has 10 heteroatoms. The summed E-state index contributed by atoms with van der Waals surface area (Å²) < 4.78 is 11.0. The van der Waals surface area contributed by atoms with Gasteiger partial charge in [0, 0.05) is 32.6 Å². The van der Waals surface area contributed by atoms with Crippen LogP contribution in [0.3, 0.4) is 0 Å². The topological polar surface area (TPSA) is 131 Å². The van der Waals surface area contributed by atoms with Gasteiger partial charge in [-0.3, -0.25) is 9.59 Å². The molecule has 3 aliphatic rings. The third-order valence-corrected chi connectivity index (χ3v) is 10.4. The highest BCUT2D eigenvalue weighted by atomic mass is 16.5. The van der Waals surface area contributed by atoms with Crippen LogP contribution in [0.25, 0.3) is 0 Å². The number of nitrogens with one attached hydrogen (secondary N) is 1. The fourth-order valence-corrected chi connectivity index (χ4v) is 7.15. The monoisotopic (exact) mass is 710 g/mol. The minimum Gasteiger partial charge on any atom is -0.459 e. The normalized spacial score (nSPS) is 17.9. The molecule has 3 fully saturated rings. The molecule has 3 N–H and O–H groups in total. The maximum absolute atomic E-state index is 13.1. The third-order valence-electron chi connectivity index (χ3n) is 10.4. The lowest BCUT2D eigenvalue weighted by Gasteiger charge is -2.40. The van der Waals surface area contributed by atoms with Crippen molar-refractivity contribution in [2.75, 3.05) is 26.2 Å². The Morgan fingerprint density at radius 3 is 1.54 bits per heavy atom. The van der Waals surface area contributed by atoms with Gasteiger partial charge in [0.1, 0.15) is 24.3 Å². The quantitative estimate of drug-likeness (QED) is 0.236. The fourth-order valence-electron chi connectivity index (χ4n) is 7.15. The van der Waals surface area contributed by atoms with Crippen molar-refractivity contribution >= 4 is 23.9 Å². The molecule has 1 aliphatic heterocycles. The van der Waals surface area contributed by atoms with Crippen LogP contribution in [-0.2, 0) is 43.5 Å². The van der Waals surface area contributed by atoms with Crippen molar-refractivity contribution in [3.63, 3.8) is 0 Å². The van der Waals surface area contributed by atoms with E-state index in [1.807, 2.05) is 95.9 Å². The first-order valence-electron chi connectivity index (χ1n) is 18.9. The smallest absolute Gasteiger partial charge is 0.332 e. The predicted octanol–water partition coefficient (Wildman–Crippen LogP) is 6.31. The molecule has 0 radical (unpaired) electrons. The third kappa shape index (κ3) is 11.1. The standard InChI is InChI=1S/C28H35N3O4.C14H19NO2/c32-25(15-14-23-10-4-1-5-11-23)30-18-20-31(21-19-30)27(34)29-28(16-8-3-9-17-28)26(33)35-22-24-12-6-2-7-13-24;15-14(9-5-2-6-10-14)13(16)17-11-12-7-3-1-4-8-12/h1-2,4-7,10-13H,3,8-9,14-22H2,(H,29,34);1,3-4,7-8H,2,5-6,9-11,15H2. The zero-order valence-electron chi connectivity index (χ0n) is 30.3. The second-order valence-corrected chi connectivity index (χ2v) is 14.3. The number of piperazine rings is 1. The molecule has 0 bridgehead atoms. The number of hydrogen-bond donors (Lipinski definition) is 2. The Kier molecular flexibility index (Phi) is 14.2.